The lowest BCUT2D eigenvalue weighted by Crippen LogP contribution is -2.56. The van der Waals surface area contributed by atoms with Crippen LogP contribution in [0.15, 0.2) is 40.8 Å². The smallest absolute Gasteiger partial charge is 0.414 e. The molecule has 208 valence electrons. The van der Waals surface area contributed by atoms with Gasteiger partial charge in [-0.25, -0.2) is 4.79 Å². The highest BCUT2D eigenvalue weighted by molar-refractivity contribution is 8.00. The number of hydrogen-bond donors (Lipinski definition) is 3. The van der Waals surface area contributed by atoms with Gasteiger partial charge in [0.25, 0.3) is 0 Å². The number of ether oxygens (including phenoxy) is 4. The SMILES string of the molecule is COC1C(OC(=O)NC(=O)CSc2ccc(NC(=O)CN)cc2)CC[C@]2(CO2)C1C1(C)O[C@@H]1CC=C(C)C. The Balaban J connectivity index is 1.29. The summed E-state index contributed by atoms with van der Waals surface area (Å²) in [4.78, 5) is 37.2. The number of anilines is 1. The van der Waals surface area contributed by atoms with E-state index in [0.717, 1.165) is 17.7 Å². The van der Waals surface area contributed by atoms with E-state index in [9.17, 15) is 14.4 Å². The molecular formula is C27H37N3O7S. The molecule has 0 radical (unpaired) electrons. The first-order chi connectivity index (χ1) is 18.1. The van der Waals surface area contributed by atoms with E-state index in [1.165, 1.54) is 17.3 Å². The number of allylic oxidation sites excluding steroid dienone is 1. The Morgan fingerprint density at radius 1 is 1.21 bits per heavy atom. The number of alkyl carbamates (subject to hydrolysis) is 1. The number of carbonyl (C=O) groups excluding carboxylic acids is 3. The van der Waals surface area contributed by atoms with Gasteiger partial charge in [-0.2, -0.15) is 0 Å². The number of thioether (sulfide) groups is 1. The van der Waals surface area contributed by atoms with Crippen LogP contribution in [0, 0.1) is 5.92 Å². The van der Waals surface area contributed by atoms with E-state index in [1.807, 2.05) is 0 Å². The number of nitrogens with one attached hydrogen (secondary N) is 2. The fourth-order valence-electron chi connectivity index (χ4n) is 5.38. The minimum absolute atomic E-state index is 0.0273. The van der Waals surface area contributed by atoms with Crippen molar-refractivity contribution in [1.82, 2.24) is 5.32 Å². The monoisotopic (exact) mass is 547 g/mol. The summed E-state index contributed by atoms with van der Waals surface area (Å²) in [5.41, 5.74) is 6.39. The zero-order valence-corrected chi connectivity index (χ0v) is 23.1. The summed E-state index contributed by atoms with van der Waals surface area (Å²) in [7, 11) is 1.61. The standard InChI is InChI=1S/C27H37N3O7S/c1-16(2)5-10-20-26(3,37-20)24-23(34-4)19(11-12-27(24)15-35-27)36-25(33)30-22(32)14-38-18-8-6-17(7-9-18)29-21(31)13-28/h5-9,19-20,23-24H,10-15,28H2,1-4H3,(H,29,31)(H,30,32,33)/t19?,20-,23?,24?,26?,27+/m1/s1. The number of amides is 3. The van der Waals surface area contributed by atoms with Crippen LogP contribution in [0.25, 0.3) is 0 Å². The molecule has 10 nitrogen and oxygen atoms in total. The van der Waals surface area contributed by atoms with Crippen molar-refractivity contribution in [2.45, 2.75) is 74.4 Å². The van der Waals surface area contributed by atoms with Gasteiger partial charge in [0.2, 0.25) is 11.8 Å². The third kappa shape index (κ3) is 6.58. The first-order valence-corrected chi connectivity index (χ1v) is 13.8. The number of rotatable bonds is 10. The number of imide groups is 1. The van der Waals surface area contributed by atoms with Gasteiger partial charge >= 0.3 is 6.09 Å². The zero-order chi connectivity index (χ0) is 27.5. The molecular weight excluding hydrogens is 510 g/mol. The summed E-state index contributed by atoms with van der Waals surface area (Å²) in [5.74, 6) is -0.820. The van der Waals surface area contributed by atoms with E-state index in [0.29, 0.717) is 18.7 Å². The van der Waals surface area contributed by atoms with E-state index >= 15 is 0 Å². The van der Waals surface area contributed by atoms with E-state index in [2.05, 4.69) is 37.5 Å². The second kappa shape index (κ2) is 11.7. The normalized spacial score (nSPS) is 31.3. The summed E-state index contributed by atoms with van der Waals surface area (Å²) < 4.78 is 23.7. The van der Waals surface area contributed by atoms with Gasteiger partial charge in [0.15, 0.2) is 0 Å². The maximum Gasteiger partial charge on any atom is 0.414 e. The average molecular weight is 548 g/mol. The van der Waals surface area contributed by atoms with Crippen molar-refractivity contribution in [3.05, 3.63) is 35.9 Å². The highest BCUT2D eigenvalue weighted by Gasteiger charge is 2.72. The first kappa shape index (κ1) is 28.6. The van der Waals surface area contributed by atoms with Crippen molar-refractivity contribution in [2.75, 3.05) is 31.3 Å². The van der Waals surface area contributed by atoms with Crippen molar-refractivity contribution in [3.63, 3.8) is 0 Å². The second-order valence-corrected chi connectivity index (χ2v) is 11.5. The van der Waals surface area contributed by atoms with Gasteiger partial charge < -0.3 is 30.0 Å². The molecule has 1 aliphatic carbocycles. The molecule has 0 aromatic heterocycles. The molecule has 4 rings (SSSR count). The van der Waals surface area contributed by atoms with Crippen LogP contribution in [0.2, 0.25) is 0 Å². The van der Waals surface area contributed by atoms with Crippen LogP contribution in [0.5, 0.6) is 0 Å². The molecule has 1 aromatic carbocycles. The minimum Gasteiger partial charge on any atom is -0.443 e. The van der Waals surface area contributed by atoms with Crippen molar-refractivity contribution >= 4 is 35.4 Å². The molecule has 1 saturated carbocycles. The predicted octanol–water partition coefficient (Wildman–Crippen LogP) is 3.01. The summed E-state index contributed by atoms with van der Waals surface area (Å²) in [6, 6.07) is 6.98. The van der Waals surface area contributed by atoms with Crippen molar-refractivity contribution in [2.24, 2.45) is 11.7 Å². The van der Waals surface area contributed by atoms with Gasteiger partial charge in [-0.15, -0.1) is 11.8 Å². The molecule has 3 aliphatic rings. The Labute approximate surface area is 227 Å². The van der Waals surface area contributed by atoms with Crippen LogP contribution in [0.3, 0.4) is 0 Å². The maximum atomic E-state index is 12.6. The van der Waals surface area contributed by atoms with E-state index in [1.54, 1.807) is 31.4 Å². The van der Waals surface area contributed by atoms with E-state index in [-0.39, 0.29) is 35.8 Å². The summed E-state index contributed by atoms with van der Waals surface area (Å²) in [5, 5.41) is 4.97. The molecule has 3 amide bonds. The van der Waals surface area contributed by atoms with Gasteiger partial charge in [0.1, 0.15) is 23.4 Å². The van der Waals surface area contributed by atoms with Crippen molar-refractivity contribution in [1.29, 1.82) is 0 Å². The zero-order valence-electron chi connectivity index (χ0n) is 22.3. The second-order valence-electron chi connectivity index (χ2n) is 10.4. The van der Waals surface area contributed by atoms with Crippen LogP contribution in [-0.4, -0.2) is 73.4 Å². The number of carbonyl (C=O) groups is 3. The quantitative estimate of drug-likeness (QED) is 0.229. The fourth-order valence-corrected chi connectivity index (χ4v) is 6.08. The molecule has 0 bridgehead atoms. The molecule has 38 heavy (non-hydrogen) atoms. The van der Waals surface area contributed by atoms with Crippen LogP contribution < -0.4 is 16.4 Å². The van der Waals surface area contributed by atoms with E-state index in [4.69, 9.17) is 24.7 Å². The topological polar surface area (TPSA) is 145 Å². The minimum atomic E-state index is -0.795. The van der Waals surface area contributed by atoms with Crippen molar-refractivity contribution in [3.8, 4) is 0 Å². The van der Waals surface area contributed by atoms with Crippen molar-refractivity contribution < 1.29 is 33.3 Å². The molecule has 2 saturated heterocycles. The Bertz CT molecular complexity index is 1070. The lowest BCUT2D eigenvalue weighted by Gasteiger charge is -2.42. The molecule has 2 aliphatic heterocycles. The predicted molar refractivity (Wildman–Crippen MR) is 143 cm³/mol. The third-order valence-electron chi connectivity index (χ3n) is 7.43. The molecule has 11 heteroatoms. The van der Waals surface area contributed by atoms with Crippen LogP contribution >= 0.6 is 11.8 Å². The number of benzene rings is 1. The number of hydrogen-bond acceptors (Lipinski definition) is 9. The lowest BCUT2D eigenvalue weighted by atomic mass is 9.68. The molecule has 3 fully saturated rings. The number of epoxide rings is 2. The maximum absolute atomic E-state index is 12.6. The van der Waals surface area contributed by atoms with Gasteiger partial charge in [-0.1, -0.05) is 11.6 Å². The Morgan fingerprint density at radius 2 is 1.92 bits per heavy atom. The third-order valence-corrected chi connectivity index (χ3v) is 8.44. The summed E-state index contributed by atoms with van der Waals surface area (Å²) in [6.45, 7) is 6.75. The highest BCUT2D eigenvalue weighted by atomic mass is 32.2. The Hall–Kier alpha value is -2.44. The van der Waals surface area contributed by atoms with Gasteiger partial charge in [0.05, 0.1) is 30.9 Å². The van der Waals surface area contributed by atoms with Gasteiger partial charge in [0, 0.05) is 17.7 Å². The summed E-state index contributed by atoms with van der Waals surface area (Å²) >= 11 is 1.26. The molecule has 1 spiro atoms. The lowest BCUT2D eigenvalue weighted by molar-refractivity contribution is -0.124. The molecule has 4 unspecified atom stereocenters. The Kier molecular flexibility index (Phi) is 8.83. The molecule has 2 heterocycles. The first-order valence-electron chi connectivity index (χ1n) is 12.8. The highest BCUT2D eigenvalue weighted by Crippen LogP contribution is 2.59. The van der Waals surface area contributed by atoms with Gasteiger partial charge in [-0.3, -0.25) is 14.9 Å². The van der Waals surface area contributed by atoms with Gasteiger partial charge in [-0.05, 0) is 64.3 Å². The Morgan fingerprint density at radius 3 is 2.53 bits per heavy atom. The average Bonchev–Trinajstić information content (AvgIpc) is 3.80. The van der Waals surface area contributed by atoms with Crippen LogP contribution in [0.4, 0.5) is 10.5 Å². The largest absolute Gasteiger partial charge is 0.443 e. The summed E-state index contributed by atoms with van der Waals surface area (Å²) in [6.07, 6.45) is 2.60. The fraction of sp³-hybridized carbons (Fsp3) is 0.593. The molecule has 6 atom stereocenters. The van der Waals surface area contributed by atoms with Crippen LogP contribution in [0.1, 0.15) is 40.0 Å². The molecule has 4 N–H and O–H groups in total. The van der Waals surface area contributed by atoms with Crippen LogP contribution in [-0.2, 0) is 28.5 Å². The number of methoxy groups -OCH3 is 1. The van der Waals surface area contributed by atoms with E-state index < -0.39 is 29.8 Å². The number of nitrogens with two attached hydrogens (primary N) is 1. The molecule has 1 aromatic rings.